The van der Waals surface area contributed by atoms with E-state index in [-0.39, 0.29) is 11.3 Å². The minimum Gasteiger partial charge on any atom is -0.452 e. The Hall–Kier alpha value is -1.60. The molecule has 0 amide bonds. The zero-order chi connectivity index (χ0) is 17.2. The Labute approximate surface area is 135 Å². The van der Waals surface area contributed by atoms with Crippen LogP contribution in [0.15, 0.2) is 12.1 Å². The van der Waals surface area contributed by atoms with Crippen molar-refractivity contribution in [3.63, 3.8) is 0 Å². The molecule has 0 bridgehead atoms. The van der Waals surface area contributed by atoms with E-state index < -0.39 is 35.9 Å². The monoisotopic (exact) mass is 322 g/mol. The standard InChI is InChI=1S/C16H20BFO5/c1-14(2)15(3,4)23-17(22-14)11-8-9(18)7-10-12(11)20-16(5,6)21-13(10)19/h7-8H,1-6H3. The highest BCUT2D eigenvalue weighted by Gasteiger charge is 2.53. The van der Waals surface area contributed by atoms with Crippen molar-refractivity contribution in [1.82, 2.24) is 0 Å². The molecule has 5 nitrogen and oxygen atoms in total. The predicted octanol–water partition coefficient (Wildman–Crippen LogP) is 2.41. The van der Waals surface area contributed by atoms with Gasteiger partial charge in [-0.25, -0.2) is 9.18 Å². The van der Waals surface area contributed by atoms with Gasteiger partial charge in [-0.1, -0.05) is 0 Å². The number of halogens is 1. The Kier molecular flexibility index (Phi) is 3.33. The molecule has 0 spiro atoms. The topological polar surface area (TPSA) is 54.0 Å². The molecule has 0 aliphatic carbocycles. The maximum absolute atomic E-state index is 14.0. The molecule has 7 heteroatoms. The quantitative estimate of drug-likeness (QED) is 0.587. The summed E-state index contributed by atoms with van der Waals surface area (Å²) in [6.07, 6.45) is 0. The van der Waals surface area contributed by atoms with Gasteiger partial charge in [0.15, 0.2) is 0 Å². The lowest BCUT2D eigenvalue weighted by atomic mass is 9.77. The first-order valence-electron chi connectivity index (χ1n) is 7.53. The number of hydrogen-bond acceptors (Lipinski definition) is 5. The van der Waals surface area contributed by atoms with Crippen LogP contribution in [0.25, 0.3) is 0 Å². The van der Waals surface area contributed by atoms with E-state index in [9.17, 15) is 9.18 Å². The summed E-state index contributed by atoms with van der Waals surface area (Å²) in [6, 6.07) is 2.37. The van der Waals surface area contributed by atoms with Gasteiger partial charge < -0.3 is 18.8 Å². The molecule has 0 radical (unpaired) electrons. The van der Waals surface area contributed by atoms with Crippen LogP contribution in [0, 0.1) is 5.82 Å². The van der Waals surface area contributed by atoms with Crippen molar-refractivity contribution in [2.75, 3.05) is 0 Å². The second-order valence-corrected chi connectivity index (χ2v) is 7.35. The molecule has 124 valence electrons. The van der Waals surface area contributed by atoms with Gasteiger partial charge in [0.1, 0.15) is 17.1 Å². The molecule has 1 aromatic rings. The molecular weight excluding hydrogens is 302 g/mol. The van der Waals surface area contributed by atoms with Gasteiger partial charge in [-0.15, -0.1) is 0 Å². The first-order valence-corrected chi connectivity index (χ1v) is 7.53. The van der Waals surface area contributed by atoms with E-state index in [4.69, 9.17) is 18.8 Å². The predicted molar refractivity (Wildman–Crippen MR) is 82.2 cm³/mol. The number of esters is 1. The first-order chi connectivity index (χ1) is 10.4. The fourth-order valence-corrected chi connectivity index (χ4v) is 2.57. The first kappa shape index (κ1) is 16.3. The van der Waals surface area contributed by atoms with E-state index >= 15 is 0 Å². The van der Waals surface area contributed by atoms with Crippen molar-refractivity contribution in [2.45, 2.75) is 58.5 Å². The van der Waals surface area contributed by atoms with E-state index in [1.807, 2.05) is 27.7 Å². The number of ether oxygens (including phenoxy) is 2. The number of benzene rings is 1. The van der Waals surface area contributed by atoms with Crippen molar-refractivity contribution in [1.29, 1.82) is 0 Å². The zero-order valence-electron chi connectivity index (χ0n) is 14.2. The summed E-state index contributed by atoms with van der Waals surface area (Å²) < 4.78 is 36.8. The number of cyclic esters (lactones) is 1. The number of carbonyl (C=O) groups excluding carboxylic acids is 1. The van der Waals surface area contributed by atoms with Crippen LogP contribution in [0.2, 0.25) is 0 Å². The van der Waals surface area contributed by atoms with Crippen molar-refractivity contribution in [3.8, 4) is 5.75 Å². The zero-order valence-corrected chi connectivity index (χ0v) is 14.2. The van der Waals surface area contributed by atoms with Crippen LogP contribution in [-0.2, 0) is 14.0 Å². The molecule has 2 aliphatic heterocycles. The van der Waals surface area contributed by atoms with Gasteiger partial charge in [0.25, 0.3) is 0 Å². The number of hydrogen-bond donors (Lipinski definition) is 0. The van der Waals surface area contributed by atoms with Crippen LogP contribution < -0.4 is 10.2 Å². The van der Waals surface area contributed by atoms with Gasteiger partial charge in [0.2, 0.25) is 5.79 Å². The van der Waals surface area contributed by atoms with Gasteiger partial charge in [-0.2, -0.15) is 0 Å². The molecule has 3 rings (SSSR count). The molecule has 2 heterocycles. The Morgan fingerprint density at radius 1 is 0.957 bits per heavy atom. The molecule has 23 heavy (non-hydrogen) atoms. The number of rotatable bonds is 1. The van der Waals surface area contributed by atoms with Gasteiger partial charge in [0, 0.05) is 19.3 Å². The SMILES string of the molecule is CC1(C)OC(=O)c2cc(F)cc(B3OC(C)(C)C(C)(C)O3)c2O1. The molecule has 0 N–H and O–H groups in total. The molecule has 1 saturated heterocycles. The summed E-state index contributed by atoms with van der Waals surface area (Å²) in [6.45, 7) is 10.8. The smallest absolute Gasteiger partial charge is 0.452 e. The summed E-state index contributed by atoms with van der Waals surface area (Å²) >= 11 is 0. The lowest BCUT2D eigenvalue weighted by molar-refractivity contribution is -0.126. The Balaban J connectivity index is 2.10. The summed E-state index contributed by atoms with van der Waals surface area (Å²) in [4.78, 5) is 12.1. The minimum absolute atomic E-state index is 0.0361. The second kappa shape index (κ2) is 4.71. The molecule has 0 unspecified atom stereocenters. The van der Waals surface area contributed by atoms with Crippen molar-refractivity contribution < 1.29 is 28.0 Å². The summed E-state index contributed by atoms with van der Waals surface area (Å²) in [5.41, 5.74) is -0.777. The average molecular weight is 322 g/mol. The highest BCUT2D eigenvalue weighted by Crippen LogP contribution is 2.39. The van der Waals surface area contributed by atoms with Gasteiger partial charge in [0.05, 0.1) is 11.2 Å². The summed E-state index contributed by atoms with van der Waals surface area (Å²) in [5.74, 6) is -2.10. The van der Waals surface area contributed by atoms with Crippen LogP contribution in [0.1, 0.15) is 51.9 Å². The van der Waals surface area contributed by atoms with E-state index in [0.29, 0.717) is 5.46 Å². The Morgan fingerprint density at radius 3 is 2.09 bits per heavy atom. The Morgan fingerprint density at radius 2 is 1.52 bits per heavy atom. The van der Waals surface area contributed by atoms with Crippen molar-refractivity contribution in [3.05, 3.63) is 23.5 Å². The average Bonchev–Trinajstić information content (AvgIpc) is 2.58. The number of fused-ring (bicyclic) bond motifs is 1. The largest absolute Gasteiger partial charge is 0.498 e. The molecule has 2 aliphatic rings. The van der Waals surface area contributed by atoms with E-state index in [2.05, 4.69) is 0 Å². The van der Waals surface area contributed by atoms with E-state index in [1.165, 1.54) is 6.07 Å². The fraction of sp³-hybridized carbons (Fsp3) is 0.562. The normalized spacial score (nSPS) is 24.0. The van der Waals surface area contributed by atoms with Crippen LogP contribution >= 0.6 is 0 Å². The third-order valence-electron chi connectivity index (χ3n) is 4.50. The maximum Gasteiger partial charge on any atom is 0.498 e. The van der Waals surface area contributed by atoms with Crippen LogP contribution in [0.5, 0.6) is 5.75 Å². The van der Waals surface area contributed by atoms with Gasteiger partial charge >= 0.3 is 13.1 Å². The maximum atomic E-state index is 14.0. The van der Waals surface area contributed by atoms with Crippen LogP contribution in [0.4, 0.5) is 4.39 Å². The van der Waals surface area contributed by atoms with E-state index in [0.717, 1.165) is 6.07 Å². The molecule has 1 fully saturated rings. The van der Waals surface area contributed by atoms with Crippen molar-refractivity contribution in [2.24, 2.45) is 0 Å². The lowest BCUT2D eigenvalue weighted by Crippen LogP contribution is -2.45. The van der Waals surface area contributed by atoms with Crippen LogP contribution in [0.3, 0.4) is 0 Å². The second-order valence-electron chi connectivity index (χ2n) is 7.35. The van der Waals surface area contributed by atoms with Crippen LogP contribution in [-0.4, -0.2) is 30.1 Å². The summed E-state index contributed by atoms with van der Waals surface area (Å²) in [5, 5.41) is 0. The third kappa shape index (κ3) is 2.62. The minimum atomic E-state index is -1.14. The van der Waals surface area contributed by atoms with E-state index in [1.54, 1.807) is 13.8 Å². The molecule has 0 saturated carbocycles. The molecule has 0 aromatic heterocycles. The Bertz CT molecular complexity index is 667. The third-order valence-corrected chi connectivity index (χ3v) is 4.50. The lowest BCUT2D eigenvalue weighted by Gasteiger charge is -2.33. The van der Waals surface area contributed by atoms with Gasteiger partial charge in [-0.05, 0) is 39.8 Å². The van der Waals surface area contributed by atoms with Crippen molar-refractivity contribution >= 4 is 18.6 Å². The molecular formula is C16H20BFO5. The fourth-order valence-electron chi connectivity index (χ4n) is 2.57. The van der Waals surface area contributed by atoms with Gasteiger partial charge in [-0.3, -0.25) is 0 Å². The highest BCUT2D eigenvalue weighted by atomic mass is 19.1. The number of carbonyl (C=O) groups is 1. The molecule has 1 aromatic carbocycles. The summed E-state index contributed by atoms with van der Waals surface area (Å²) in [7, 11) is -0.828. The molecule has 0 atom stereocenters. The highest BCUT2D eigenvalue weighted by molar-refractivity contribution is 6.63.